The van der Waals surface area contributed by atoms with E-state index in [0.29, 0.717) is 6.61 Å². The van der Waals surface area contributed by atoms with E-state index in [1.807, 2.05) is 36.4 Å². The predicted molar refractivity (Wildman–Crippen MR) is 54.9 cm³/mol. The van der Waals surface area contributed by atoms with Gasteiger partial charge in [0.05, 0.1) is 0 Å². The SMILES string of the molecule is ClC=C1C=Cc2ccccc2OC1. The zero-order valence-electron chi connectivity index (χ0n) is 7.03. The maximum atomic E-state index is 5.60. The summed E-state index contributed by atoms with van der Waals surface area (Å²) in [5, 5.41) is 0. The van der Waals surface area contributed by atoms with Crippen LogP contribution in [0.4, 0.5) is 0 Å². The molecule has 0 saturated carbocycles. The Labute approximate surface area is 82.3 Å². The Morgan fingerprint density at radius 1 is 1.23 bits per heavy atom. The Morgan fingerprint density at radius 2 is 2.08 bits per heavy atom. The highest BCUT2D eigenvalue weighted by Gasteiger charge is 2.04. The molecule has 0 spiro atoms. The molecule has 1 heterocycles. The summed E-state index contributed by atoms with van der Waals surface area (Å²) in [6.45, 7) is 0.539. The predicted octanol–water partition coefficient (Wildman–Crippen LogP) is 3.21. The van der Waals surface area contributed by atoms with Crippen molar-refractivity contribution in [1.29, 1.82) is 0 Å². The van der Waals surface area contributed by atoms with Crippen molar-refractivity contribution < 1.29 is 4.74 Å². The lowest BCUT2D eigenvalue weighted by molar-refractivity contribution is 0.357. The number of benzene rings is 1. The monoisotopic (exact) mass is 192 g/mol. The Morgan fingerprint density at radius 3 is 2.92 bits per heavy atom. The molecule has 66 valence electrons. The molecule has 1 aromatic rings. The summed E-state index contributed by atoms with van der Waals surface area (Å²) in [6, 6.07) is 7.92. The lowest BCUT2D eigenvalue weighted by atomic mass is 10.2. The van der Waals surface area contributed by atoms with Gasteiger partial charge in [-0.25, -0.2) is 0 Å². The second-order valence-corrected chi connectivity index (χ2v) is 3.06. The van der Waals surface area contributed by atoms with Crippen LogP contribution in [0, 0.1) is 0 Å². The molecule has 0 unspecified atom stereocenters. The first-order valence-corrected chi connectivity index (χ1v) is 4.53. The van der Waals surface area contributed by atoms with Gasteiger partial charge in [0, 0.05) is 16.7 Å². The average Bonchev–Trinajstić information content (AvgIpc) is 2.39. The van der Waals surface area contributed by atoms with Gasteiger partial charge in [0.1, 0.15) is 12.4 Å². The smallest absolute Gasteiger partial charge is 0.127 e. The van der Waals surface area contributed by atoms with Crippen LogP contribution in [0.1, 0.15) is 5.56 Å². The van der Waals surface area contributed by atoms with Crippen molar-refractivity contribution in [2.75, 3.05) is 6.61 Å². The summed E-state index contributed by atoms with van der Waals surface area (Å²) in [7, 11) is 0. The third kappa shape index (κ3) is 1.76. The first kappa shape index (κ1) is 8.39. The van der Waals surface area contributed by atoms with Gasteiger partial charge >= 0.3 is 0 Å². The zero-order valence-corrected chi connectivity index (χ0v) is 7.79. The van der Waals surface area contributed by atoms with Crippen LogP contribution in [0.15, 0.2) is 41.4 Å². The molecule has 1 nitrogen and oxygen atoms in total. The molecule has 0 amide bonds. The Kier molecular flexibility index (Phi) is 2.37. The minimum absolute atomic E-state index is 0.539. The minimum Gasteiger partial charge on any atom is -0.488 e. The number of hydrogen-bond acceptors (Lipinski definition) is 1. The highest BCUT2D eigenvalue weighted by Crippen LogP contribution is 2.23. The lowest BCUT2D eigenvalue weighted by Crippen LogP contribution is -1.97. The Balaban J connectivity index is 2.39. The van der Waals surface area contributed by atoms with Crippen LogP contribution in [0.5, 0.6) is 5.75 Å². The van der Waals surface area contributed by atoms with Crippen LogP contribution in [0.25, 0.3) is 6.08 Å². The molecular weight excluding hydrogens is 184 g/mol. The second-order valence-electron chi connectivity index (χ2n) is 2.84. The van der Waals surface area contributed by atoms with Crippen molar-refractivity contribution in [3.8, 4) is 5.75 Å². The van der Waals surface area contributed by atoms with Gasteiger partial charge in [-0.2, -0.15) is 0 Å². The van der Waals surface area contributed by atoms with Crippen molar-refractivity contribution in [3.05, 3.63) is 47.0 Å². The largest absolute Gasteiger partial charge is 0.488 e. The fraction of sp³-hybridized carbons (Fsp3) is 0.0909. The van der Waals surface area contributed by atoms with E-state index < -0.39 is 0 Å². The normalized spacial score (nSPS) is 17.8. The van der Waals surface area contributed by atoms with E-state index in [2.05, 4.69) is 0 Å². The molecule has 0 aromatic heterocycles. The molecule has 0 fully saturated rings. The molecule has 2 rings (SSSR count). The molecule has 0 aliphatic carbocycles. The summed E-state index contributed by atoms with van der Waals surface area (Å²) in [4.78, 5) is 0. The van der Waals surface area contributed by atoms with E-state index in [-0.39, 0.29) is 0 Å². The summed E-state index contributed by atoms with van der Waals surface area (Å²) >= 11 is 5.60. The first-order valence-electron chi connectivity index (χ1n) is 4.09. The lowest BCUT2D eigenvalue weighted by Gasteiger charge is -2.04. The number of ether oxygens (including phenoxy) is 1. The number of fused-ring (bicyclic) bond motifs is 1. The zero-order chi connectivity index (χ0) is 9.10. The number of halogens is 1. The summed E-state index contributed by atoms with van der Waals surface area (Å²) in [6.07, 6.45) is 3.98. The summed E-state index contributed by atoms with van der Waals surface area (Å²) in [5.74, 6) is 0.910. The fourth-order valence-electron chi connectivity index (χ4n) is 1.22. The Bertz CT molecular complexity index is 366. The molecule has 2 heteroatoms. The highest BCUT2D eigenvalue weighted by molar-refractivity contribution is 6.25. The second kappa shape index (κ2) is 3.67. The molecule has 1 aliphatic rings. The molecule has 0 bridgehead atoms. The van der Waals surface area contributed by atoms with Crippen LogP contribution in [0.3, 0.4) is 0 Å². The third-order valence-electron chi connectivity index (χ3n) is 1.93. The van der Waals surface area contributed by atoms with E-state index in [1.165, 1.54) is 0 Å². The maximum absolute atomic E-state index is 5.60. The third-order valence-corrected chi connectivity index (χ3v) is 2.21. The van der Waals surface area contributed by atoms with Gasteiger partial charge in [-0.15, -0.1) is 0 Å². The van der Waals surface area contributed by atoms with Gasteiger partial charge in [-0.05, 0) is 6.07 Å². The van der Waals surface area contributed by atoms with E-state index in [9.17, 15) is 0 Å². The van der Waals surface area contributed by atoms with Gasteiger partial charge in [-0.3, -0.25) is 0 Å². The van der Waals surface area contributed by atoms with Crippen molar-refractivity contribution in [2.45, 2.75) is 0 Å². The minimum atomic E-state index is 0.539. The van der Waals surface area contributed by atoms with Gasteiger partial charge in [0.15, 0.2) is 0 Å². The van der Waals surface area contributed by atoms with Crippen LogP contribution in [0.2, 0.25) is 0 Å². The molecule has 0 radical (unpaired) electrons. The summed E-state index contributed by atoms with van der Waals surface area (Å²) < 4.78 is 5.54. The van der Waals surface area contributed by atoms with Crippen molar-refractivity contribution in [3.63, 3.8) is 0 Å². The van der Waals surface area contributed by atoms with Gasteiger partial charge < -0.3 is 4.74 Å². The van der Waals surface area contributed by atoms with E-state index in [1.54, 1.807) is 5.54 Å². The van der Waals surface area contributed by atoms with Crippen LogP contribution in [-0.4, -0.2) is 6.61 Å². The molecular formula is C11H9ClO. The van der Waals surface area contributed by atoms with Crippen LogP contribution >= 0.6 is 11.6 Å². The quantitative estimate of drug-likeness (QED) is 0.614. The molecule has 0 atom stereocenters. The van der Waals surface area contributed by atoms with Gasteiger partial charge in [0.25, 0.3) is 0 Å². The maximum Gasteiger partial charge on any atom is 0.127 e. The molecule has 0 N–H and O–H groups in total. The average molecular weight is 193 g/mol. The van der Waals surface area contributed by atoms with Crippen molar-refractivity contribution in [2.24, 2.45) is 0 Å². The van der Waals surface area contributed by atoms with E-state index >= 15 is 0 Å². The van der Waals surface area contributed by atoms with Crippen LogP contribution < -0.4 is 4.74 Å². The van der Waals surface area contributed by atoms with E-state index in [0.717, 1.165) is 16.9 Å². The molecule has 1 aliphatic heterocycles. The number of hydrogen-bond donors (Lipinski definition) is 0. The first-order chi connectivity index (χ1) is 6.40. The van der Waals surface area contributed by atoms with Gasteiger partial charge in [-0.1, -0.05) is 42.0 Å². The van der Waals surface area contributed by atoms with Crippen LogP contribution in [-0.2, 0) is 0 Å². The fourth-order valence-corrected chi connectivity index (χ4v) is 1.36. The van der Waals surface area contributed by atoms with Crippen molar-refractivity contribution >= 4 is 17.7 Å². The number of rotatable bonds is 0. The Hall–Kier alpha value is -1.21. The standard InChI is InChI=1S/C11H9ClO/c12-7-9-5-6-10-3-1-2-4-11(10)13-8-9/h1-7H,8H2. The molecule has 13 heavy (non-hydrogen) atoms. The van der Waals surface area contributed by atoms with Gasteiger partial charge in [0.2, 0.25) is 0 Å². The number of para-hydroxylation sites is 1. The molecule has 0 saturated heterocycles. The highest BCUT2D eigenvalue weighted by atomic mass is 35.5. The van der Waals surface area contributed by atoms with E-state index in [4.69, 9.17) is 16.3 Å². The molecule has 1 aromatic carbocycles. The topological polar surface area (TPSA) is 9.23 Å². The summed E-state index contributed by atoms with van der Waals surface area (Å²) in [5.41, 5.74) is 3.62. The van der Waals surface area contributed by atoms with Crippen molar-refractivity contribution in [1.82, 2.24) is 0 Å².